The molecule has 0 rings (SSSR count). The lowest BCUT2D eigenvalue weighted by atomic mass is 9.89. The van der Waals surface area contributed by atoms with Gasteiger partial charge in [0.2, 0.25) is 0 Å². The molecule has 0 aromatic carbocycles. The molecule has 1 amide bonds. The topological polar surface area (TPSA) is 52.3 Å². The van der Waals surface area contributed by atoms with Crippen molar-refractivity contribution < 1.29 is 9.53 Å². The van der Waals surface area contributed by atoms with Gasteiger partial charge in [-0.05, 0) is 0 Å². The zero-order valence-electron chi connectivity index (χ0n) is 7.05. The highest BCUT2D eigenvalue weighted by molar-refractivity contribution is 5.65. The minimum atomic E-state index is -0.831. The number of hydrogen-bond donors (Lipinski definition) is 1. The quantitative estimate of drug-likeness (QED) is 0.577. The Morgan fingerprint density at radius 1 is 1.64 bits per heavy atom. The van der Waals surface area contributed by atoms with Crippen molar-refractivity contribution in [3.05, 3.63) is 0 Å². The Labute approximate surface area is 66.9 Å². The van der Waals surface area contributed by atoms with E-state index in [1.54, 1.807) is 0 Å². The Hall–Kier alpha value is -1.17. The molecule has 0 heterocycles. The van der Waals surface area contributed by atoms with Crippen molar-refractivity contribution in [1.82, 2.24) is 0 Å². The van der Waals surface area contributed by atoms with E-state index in [4.69, 9.17) is 12.2 Å². The van der Waals surface area contributed by atoms with Crippen LogP contribution in [0.25, 0.3) is 0 Å². The Kier molecular flexibility index (Phi) is 2.94. The molecule has 1 atom stereocenters. The number of ether oxygens (including phenoxy) is 1. The molecule has 0 aliphatic carbocycles. The normalized spacial score (nSPS) is 13.3. The van der Waals surface area contributed by atoms with Crippen LogP contribution in [0.3, 0.4) is 0 Å². The standard InChI is InChI=1S/C8H13NO2/c1-5-6(8(2,3)4)11-7(9)10/h1,6H,2-4H3,(H2,9,10). The summed E-state index contributed by atoms with van der Waals surface area (Å²) in [5, 5.41) is 0. The summed E-state index contributed by atoms with van der Waals surface area (Å²) in [6.07, 6.45) is 3.74. The van der Waals surface area contributed by atoms with E-state index < -0.39 is 12.2 Å². The third-order valence-corrected chi connectivity index (χ3v) is 1.17. The molecular formula is C8H13NO2. The highest BCUT2D eigenvalue weighted by Gasteiger charge is 2.25. The Morgan fingerprint density at radius 2 is 2.09 bits per heavy atom. The van der Waals surface area contributed by atoms with E-state index in [-0.39, 0.29) is 5.41 Å². The van der Waals surface area contributed by atoms with Crippen LogP contribution < -0.4 is 5.73 Å². The van der Waals surface area contributed by atoms with Gasteiger partial charge in [-0.3, -0.25) is 0 Å². The van der Waals surface area contributed by atoms with Crippen LogP contribution in [-0.4, -0.2) is 12.2 Å². The predicted molar refractivity (Wildman–Crippen MR) is 42.7 cm³/mol. The number of amides is 1. The lowest BCUT2D eigenvalue weighted by molar-refractivity contribution is 0.0741. The Bertz CT molecular complexity index is 185. The monoisotopic (exact) mass is 155 g/mol. The van der Waals surface area contributed by atoms with Gasteiger partial charge in [-0.25, -0.2) is 4.79 Å². The smallest absolute Gasteiger partial charge is 0.405 e. The third kappa shape index (κ3) is 3.51. The van der Waals surface area contributed by atoms with Gasteiger partial charge >= 0.3 is 6.09 Å². The molecule has 0 aliphatic heterocycles. The van der Waals surface area contributed by atoms with E-state index in [9.17, 15) is 4.79 Å². The van der Waals surface area contributed by atoms with Gasteiger partial charge in [-0.1, -0.05) is 26.7 Å². The average Bonchev–Trinajstić information content (AvgIpc) is 1.79. The number of rotatable bonds is 1. The van der Waals surface area contributed by atoms with Crippen LogP contribution in [0.2, 0.25) is 0 Å². The average molecular weight is 155 g/mol. The zero-order chi connectivity index (χ0) is 9.07. The molecule has 11 heavy (non-hydrogen) atoms. The van der Waals surface area contributed by atoms with E-state index in [0.29, 0.717) is 0 Å². The molecule has 62 valence electrons. The van der Waals surface area contributed by atoms with Crippen LogP contribution >= 0.6 is 0 Å². The summed E-state index contributed by atoms with van der Waals surface area (Å²) in [6, 6.07) is 0. The third-order valence-electron chi connectivity index (χ3n) is 1.17. The number of terminal acetylenes is 1. The molecule has 0 aromatic rings. The fourth-order valence-corrected chi connectivity index (χ4v) is 0.577. The van der Waals surface area contributed by atoms with Crippen molar-refractivity contribution in [2.45, 2.75) is 26.9 Å². The maximum Gasteiger partial charge on any atom is 0.405 e. The van der Waals surface area contributed by atoms with Gasteiger partial charge in [0, 0.05) is 5.41 Å². The van der Waals surface area contributed by atoms with Crippen LogP contribution in [0.4, 0.5) is 4.79 Å². The van der Waals surface area contributed by atoms with E-state index >= 15 is 0 Å². The molecule has 0 fully saturated rings. The van der Waals surface area contributed by atoms with Gasteiger partial charge in [0.15, 0.2) is 6.10 Å². The SMILES string of the molecule is C#CC(OC(N)=O)C(C)(C)C. The summed E-state index contributed by atoms with van der Waals surface area (Å²) < 4.78 is 4.67. The van der Waals surface area contributed by atoms with Gasteiger partial charge in [0.1, 0.15) is 0 Å². The molecule has 0 aliphatic rings. The van der Waals surface area contributed by atoms with Crippen LogP contribution in [0, 0.1) is 17.8 Å². The van der Waals surface area contributed by atoms with Crippen LogP contribution in [0.1, 0.15) is 20.8 Å². The van der Waals surface area contributed by atoms with E-state index in [0.717, 1.165) is 0 Å². The molecule has 1 unspecified atom stereocenters. The number of carbonyl (C=O) groups is 1. The summed E-state index contributed by atoms with van der Waals surface area (Å²) in [5.74, 6) is 2.35. The van der Waals surface area contributed by atoms with Crippen molar-refractivity contribution in [1.29, 1.82) is 0 Å². The minimum absolute atomic E-state index is 0.260. The van der Waals surface area contributed by atoms with Crippen LogP contribution in [0.5, 0.6) is 0 Å². The first-order chi connectivity index (χ1) is 4.88. The summed E-state index contributed by atoms with van der Waals surface area (Å²) in [4.78, 5) is 10.3. The highest BCUT2D eigenvalue weighted by Crippen LogP contribution is 2.21. The highest BCUT2D eigenvalue weighted by atomic mass is 16.6. The summed E-state index contributed by atoms with van der Waals surface area (Å²) in [6.45, 7) is 5.63. The maximum atomic E-state index is 10.3. The van der Waals surface area contributed by atoms with E-state index in [2.05, 4.69) is 10.7 Å². The van der Waals surface area contributed by atoms with Gasteiger partial charge in [-0.2, -0.15) is 0 Å². The number of primary amides is 1. The largest absolute Gasteiger partial charge is 0.433 e. The molecule has 0 bridgehead atoms. The molecule has 3 heteroatoms. The van der Waals surface area contributed by atoms with E-state index in [1.807, 2.05) is 20.8 Å². The second-order valence-electron chi connectivity index (χ2n) is 3.35. The Morgan fingerprint density at radius 3 is 2.18 bits per heavy atom. The van der Waals surface area contributed by atoms with Crippen molar-refractivity contribution in [2.75, 3.05) is 0 Å². The molecule has 0 saturated carbocycles. The lowest BCUT2D eigenvalue weighted by Gasteiger charge is -2.24. The maximum absolute atomic E-state index is 10.3. The Balaban J connectivity index is 4.22. The second kappa shape index (κ2) is 3.29. The zero-order valence-corrected chi connectivity index (χ0v) is 7.05. The first kappa shape index (κ1) is 9.83. The minimum Gasteiger partial charge on any atom is -0.433 e. The predicted octanol–water partition coefficient (Wildman–Crippen LogP) is 1.13. The van der Waals surface area contributed by atoms with Crippen LogP contribution in [-0.2, 0) is 4.74 Å². The second-order valence-corrected chi connectivity index (χ2v) is 3.35. The fraction of sp³-hybridized carbons (Fsp3) is 0.625. The molecular weight excluding hydrogens is 142 g/mol. The van der Waals surface area contributed by atoms with Crippen LogP contribution in [0.15, 0.2) is 0 Å². The van der Waals surface area contributed by atoms with Crippen molar-refractivity contribution >= 4 is 6.09 Å². The molecule has 3 nitrogen and oxygen atoms in total. The van der Waals surface area contributed by atoms with Crippen molar-refractivity contribution in [3.8, 4) is 12.3 Å². The molecule has 0 spiro atoms. The number of hydrogen-bond acceptors (Lipinski definition) is 2. The van der Waals surface area contributed by atoms with Gasteiger partial charge in [0.05, 0.1) is 0 Å². The number of carbonyl (C=O) groups excluding carboxylic acids is 1. The molecule has 0 saturated heterocycles. The van der Waals surface area contributed by atoms with Crippen molar-refractivity contribution in [2.24, 2.45) is 11.1 Å². The van der Waals surface area contributed by atoms with Gasteiger partial charge in [0.25, 0.3) is 0 Å². The number of nitrogens with two attached hydrogens (primary N) is 1. The molecule has 0 aromatic heterocycles. The summed E-state index contributed by atoms with van der Waals surface area (Å²) in [7, 11) is 0. The summed E-state index contributed by atoms with van der Waals surface area (Å²) >= 11 is 0. The first-order valence-corrected chi connectivity index (χ1v) is 3.30. The lowest BCUT2D eigenvalue weighted by Crippen LogP contribution is -2.32. The van der Waals surface area contributed by atoms with E-state index in [1.165, 1.54) is 0 Å². The molecule has 0 radical (unpaired) electrons. The fourth-order valence-electron chi connectivity index (χ4n) is 0.577. The molecule has 2 N–H and O–H groups in total. The van der Waals surface area contributed by atoms with Gasteiger partial charge < -0.3 is 10.5 Å². The van der Waals surface area contributed by atoms with Gasteiger partial charge in [-0.15, -0.1) is 6.42 Å². The summed E-state index contributed by atoms with van der Waals surface area (Å²) in [5.41, 5.74) is 4.55. The van der Waals surface area contributed by atoms with Crippen molar-refractivity contribution in [3.63, 3.8) is 0 Å². The first-order valence-electron chi connectivity index (χ1n) is 3.30.